The Morgan fingerprint density at radius 1 is 1.53 bits per heavy atom. The van der Waals surface area contributed by atoms with Gasteiger partial charge in [0.1, 0.15) is 0 Å². The third-order valence-corrected chi connectivity index (χ3v) is 3.63. The van der Waals surface area contributed by atoms with Gasteiger partial charge < -0.3 is 10.4 Å². The van der Waals surface area contributed by atoms with Crippen LogP contribution in [0.15, 0.2) is 0 Å². The van der Waals surface area contributed by atoms with Crippen molar-refractivity contribution in [3.8, 4) is 0 Å². The van der Waals surface area contributed by atoms with E-state index in [4.69, 9.17) is 5.11 Å². The third kappa shape index (κ3) is 3.96. The summed E-state index contributed by atoms with van der Waals surface area (Å²) in [7, 11) is 0. The van der Waals surface area contributed by atoms with Gasteiger partial charge in [-0.25, -0.2) is 0 Å². The number of hydrogen-bond donors (Lipinski definition) is 2. The molecule has 0 spiro atoms. The molecule has 1 aliphatic rings. The van der Waals surface area contributed by atoms with E-state index in [1.165, 1.54) is 0 Å². The summed E-state index contributed by atoms with van der Waals surface area (Å²) in [5.74, 6) is -0.698. The molecule has 1 rings (SSSR count). The quantitative estimate of drug-likeness (QED) is 0.788. The number of carbonyl (C=O) groups is 1. The number of aliphatic carboxylic acids is 1. The van der Waals surface area contributed by atoms with Crippen molar-refractivity contribution >= 4 is 5.97 Å². The number of rotatable bonds is 4. The summed E-state index contributed by atoms with van der Waals surface area (Å²) in [6.45, 7) is 10.8. The maximum Gasteiger partial charge on any atom is 0.303 e. The Labute approximate surface area is 104 Å². The van der Waals surface area contributed by atoms with Gasteiger partial charge in [-0.1, -0.05) is 0 Å². The minimum atomic E-state index is -0.698. The summed E-state index contributed by atoms with van der Waals surface area (Å²) in [4.78, 5) is 13.2. The van der Waals surface area contributed by atoms with Gasteiger partial charge in [-0.2, -0.15) is 0 Å². The smallest absolute Gasteiger partial charge is 0.303 e. The summed E-state index contributed by atoms with van der Waals surface area (Å²) in [6, 6.07) is 0.771. The number of nitrogens with one attached hydrogen (secondary N) is 1. The number of carboxylic acid groups (broad SMARTS) is 1. The van der Waals surface area contributed by atoms with Crippen LogP contribution in [0.5, 0.6) is 0 Å². The molecule has 2 N–H and O–H groups in total. The van der Waals surface area contributed by atoms with E-state index >= 15 is 0 Å². The van der Waals surface area contributed by atoms with Crippen molar-refractivity contribution in [2.24, 2.45) is 0 Å². The van der Waals surface area contributed by atoms with Gasteiger partial charge in [0.15, 0.2) is 0 Å². The Kier molecular flexibility index (Phi) is 4.95. The SMILES string of the molecule is CC(C)N1C(CCC(=O)O)CNCCC1(C)C. The molecule has 4 nitrogen and oxygen atoms in total. The van der Waals surface area contributed by atoms with Crippen molar-refractivity contribution in [2.75, 3.05) is 13.1 Å². The summed E-state index contributed by atoms with van der Waals surface area (Å²) in [5.41, 5.74) is 0.140. The van der Waals surface area contributed by atoms with Crippen LogP contribution in [0.25, 0.3) is 0 Å². The lowest BCUT2D eigenvalue weighted by Gasteiger charge is -2.45. The zero-order valence-corrected chi connectivity index (χ0v) is 11.5. The molecule has 0 aliphatic carbocycles. The maximum absolute atomic E-state index is 10.7. The highest BCUT2D eigenvalue weighted by Gasteiger charge is 2.35. The second-order valence-corrected chi connectivity index (χ2v) is 5.85. The van der Waals surface area contributed by atoms with E-state index in [-0.39, 0.29) is 12.0 Å². The number of hydrogen-bond acceptors (Lipinski definition) is 3. The van der Waals surface area contributed by atoms with Crippen LogP contribution in [0.2, 0.25) is 0 Å². The van der Waals surface area contributed by atoms with Crippen LogP contribution in [0.4, 0.5) is 0 Å². The highest BCUT2D eigenvalue weighted by atomic mass is 16.4. The molecule has 0 aromatic heterocycles. The van der Waals surface area contributed by atoms with Gasteiger partial charge in [0, 0.05) is 30.6 Å². The van der Waals surface area contributed by atoms with E-state index in [9.17, 15) is 4.79 Å². The molecule has 1 heterocycles. The normalized spacial score (nSPS) is 25.8. The van der Waals surface area contributed by atoms with Crippen molar-refractivity contribution in [3.05, 3.63) is 0 Å². The minimum absolute atomic E-state index is 0.140. The monoisotopic (exact) mass is 242 g/mol. The van der Waals surface area contributed by atoms with E-state index < -0.39 is 5.97 Å². The summed E-state index contributed by atoms with van der Waals surface area (Å²) in [5, 5.41) is 12.3. The Hall–Kier alpha value is -0.610. The van der Waals surface area contributed by atoms with Gasteiger partial charge in [-0.3, -0.25) is 9.69 Å². The Morgan fingerprint density at radius 2 is 2.18 bits per heavy atom. The first-order valence-corrected chi connectivity index (χ1v) is 6.55. The standard InChI is InChI=1S/C13H26N2O2/c1-10(2)15-11(5-6-12(16)17)9-14-8-7-13(15,3)4/h10-11,14H,5-9H2,1-4H3,(H,16,17). The zero-order chi connectivity index (χ0) is 13.1. The van der Waals surface area contributed by atoms with Gasteiger partial charge in [0.05, 0.1) is 0 Å². The first-order chi connectivity index (χ1) is 7.84. The average Bonchev–Trinajstić information content (AvgIpc) is 2.32. The van der Waals surface area contributed by atoms with Crippen LogP contribution in [0.3, 0.4) is 0 Å². The van der Waals surface area contributed by atoms with E-state index in [1.807, 2.05) is 0 Å². The van der Waals surface area contributed by atoms with Gasteiger partial charge in [0.2, 0.25) is 0 Å². The highest BCUT2D eigenvalue weighted by molar-refractivity contribution is 5.66. The summed E-state index contributed by atoms with van der Waals surface area (Å²) >= 11 is 0. The Balaban J connectivity index is 2.78. The molecule has 1 saturated heterocycles. The van der Waals surface area contributed by atoms with Gasteiger partial charge >= 0.3 is 5.97 Å². The predicted octanol–water partition coefficient (Wildman–Crippen LogP) is 1.70. The molecule has 1 fully saturated rings. The van der Waals surface area contributed by atoms with Crippen LogP contribution in [-0.2, 0) is 4.79 Å². The summed E-state index contributed by atoms with van der Waals surface area (Å²) in [6.07, 6.45) is 2.09. The fraction of sp³-hybridized carbons (Fsp3) is 0.923. The van der Waals surface area contributed by atoms with Gasteiger partial charge in [-0.05, 0) is 47.1 Å². The van der Waals surface area contributed by atoms with E-state index in [1.54, 1.807) is 0 Å². The molecular formula is C13H26N2O2. The lowest BCUT2D eigenvalue weighted by atomic mass is 9.94. The molecule has 0 amide bonds. The fourth-order valence-electron chi connectivity index (χ4n) is 3.04. The first-order valence-electron chi connectivity index (χ1n) is 6.55. The predicted molar refractivity (Wildman–Crippen MR) is 69.2 cm³/mol. The van der Waals surface area contributed by atoms with Crippen LogP contribution >= 0.6 is 0 Å². The van der Waals surface area contributed by atoms with Crippen molar-refractivity contribution < 1.29 is 9.90 Å². The fourth-order valence-corrected chi connectivity index (χ4v) is 3.04. The van der Waals surface area contributed by atoms with Gasteiger partial charge in [-0.15, -0.1) is 0 Å². The number of nitrogens with zero attached hydrogens (tertiary/aromatic N) is 1. The van der Waals surface area contributed by atoms with Crippen molar-refractivity contribution in [3.63, 3.8) is 0 Å². The molecule has 4 heteroatoms. The molecule has 100 valence electrons. The zero-order valence-electron chi connectivity index (χ0n) is 11.5. The lowest BCUT2D eigenvalue weighted by Crippen LogP contribution is -2.54. The highest BCUT2D eigenvalue weighted by Crippen LogP contribution is 2.27. The van der Waals surface area contributed by atoms with Crippen molar-refractivity contribution in [1.29, 1.82) is 0 Å². The molecule has 0 bridgehead atoms. The molecule has 0 radical (unpaired) electrons. The molecule has 0 saturated carbocycles. The van der Waals surface area contributed by atoms with Crippen LogP contribution in [0.1, 0.15) is 47.0 Å². The van der Waals surface area contributed by atoms with Crippen molar-refractivity contribution in [1.82, 2.24) is 10.2 Å². The minimum Gasteiger partial charge on any atom is -0.481 e. The topological polar surface area (TPSA) is 52.6 Å². The van der Waals surface area contributed by atoms with E-state index in [0.717, 1.165) is 25.9 Å². The van der Waals surface area contributed by atoms with Crippen LogP contribution in [-0.4, -0.2) is 46.7 Å². The molecular weight excluding hydrogens is 216 g/mol. The average molecular weight is 242 g/mol. The number of carboxylic acids is 1. The van der Waals surface area contributed by atoms with E-state index in [2.05, 4.69) is 37.9 Å². The Bertz CT molecular complexity index is 264. The Morgan fingerprint density at radius 3 is 2.71 bits per heavy atom. The molecule has 1 atom stereocenters. The van der Waals surface area contributed by atoms with E-state index in [0.29, 0.717) is 12.1 Å². The molecule has 1 aliphatic heterocycles. The lowest BCUT2D eigenvalue weighted by molar-refractivity contribution is -0.137. The second kappa shape index (κ2) is 5.83. The third-order valence-electron chi connectivity index (χ3n) is 3.63. The first kappa shape index (κ1) is 14.5. The van der Waals surface area contributed by atoms with Crippen LogP contribution < -0.4 is 5.32 Å². The van der Waals surface area contributed by atoms with Gasteiger partial charge in [0.25, 0.3) is 0 Å². The summed E-state index contributed by atoms with van der Waals surface area (Å²) < 4.78 is 0. The molecule has 0 aromatic rings. The maximum atomic E-state index is 10.7. The molecule has 0 aromatic carbocycles. The largest absolute Gasteiger partial charge is 0.481 e. The van der Waals surface area contributed by atoms with Crippen molar-refractivity contribution in [2.45, 2.75) is 64.6 Å². The second-order valence-electron chi connectivity index (χ2n) is 5.85. The van der Waals surface area contributed by atoms with Crippen LogP contribution in [0, 0.1) is 0 Å². The molecule has 1 unspecified atom stereocenters. The molecule has 17 heavy (non-hydrogen) atoms.